The zero-order chi connectivity index (χ0) is 28.6. The van der Waals surface area contributed by atoms with E-state index in [1.165, 1.54) is 41.3 Å². The molecule has 3 rings (SSSR count). The molecule has 0 bridgehead atoms. The average molecular weight is 618 g/mol. The maximum atomic E-state index is 13.8. The van der Waals surface area contributed by atoms with Gasteiger partial charge in [0.2, 0.25) is 11.8 Å². The molecular formula is C27H29BrN4O6S. The largest absolute Gasteiger partial charge is 0.354 e. The van der Waals surface area contributed by atoms with E-state index in [0.717, 1.165) is 14.3 Å². The Bertz CT molecular complexity index is 1420. The molecule has 0 heterocycles. The summed E-state index contributed by atoms with van der Waals surface area (Å²) in [7, 11) is -4.25. The number of nitro groups is 1. The Morgan fingerprint density at radius 1 is 1.03 bits per heavy atom. The minimum Gasteiger partial charge on any atom is -0.354 e. The normalized spacial score (nSPS) is 11.9. The van der Waals surface area contributed by atoms with E-state index < -0.39 is 33.4 Å². The predicted molar refractivity (Wildman–Crippen MR) is 152 cm³/mol. The Balaban J connectivity index is 2.03. The number of anilines is 1. The van der Waals surface area contributed by atoms with Gasteiger partial charge in [-0.05, 0) is 55.3 Å². The highest BCUT2D eigenvalue weighted by Crippen LogP contribution is 2.26. The molecule has 0 radical (unpaired) electrons. The van der Waals surface area contributed by atoms with Crippen LogP contribution in [-0.4, -0.2) is 49.2 Å². The van der Waals surface area contributed by atoms with Crippen LogP contribution in [0.1, 0.15) is 25.8 Å². The molecule has 0 aromatic heterocycles. The second-order valence-electron chi connectivity index (χ2n) is 8.72. The van der Waals surface area contributed by atoms with Gasteiger partial charge in [-0.25, -0.2) is 8.42 Å². The number of carbonyl (C=O) groups is 2. The standard InChI is InChI=1S/C27H29BrN4O6S/c1-3-16-29-27(34)20(2)30(18-21-8-7-9-22(28)17-21)26(33)19-31(23-12-14-24(15-13-23)32(35)36)39(37,38)25-10-5-4-6-11-25/h4-15,17,20H,3,16,18-19H2,1-2H3,(H,29,34)/t20-/m0/s1. The fraction of sp³-hybridized carbons (Fsp3) is 0.259. The van der Waals surface area contributed by atoms with Gasteiger partial charge >= 0.3 is 0 Å². The van der Waals surface area contributed by atoms with Crippen molar-refractivity contribution in [2.24, 2.45) is 0 Å². The number of sulfonamides is 1. The zero-order valence-electron chi connectivity index (χ0n) is 21.5. The third-order valence-electron chi connectivity index (χ3n) is 5.92. The van der Waals surface area contributed by atoms with Gasteiger partial charge in [0.25, 0.3) is 15.7 Å². The number of carbonyl (C=O) groups excluding carboxylic acids is 2. The Labute approximate surface area is 236 Å². The van der Waals surface area contributed by atoms with Crippen molar-refractivity contribution in [3.63, 3.8) is 0 Å². The van der Waals surface area contributed by atoms with Gasteiger partial charge in [0, 0.05) is 29.7 Å². The van der Waals surface area contributed by atoms with Crippen molar-refractivity contribution in [2.75, 3.05) is 17.4 Å². The van der Waals surface area contributed by atoms with Gasteiger partial charge in [-0.1, -0.05) is 53.2 Å². The van der Waals surface area contributed by atoms with E-state index in [1.807, 2.05) is 19.1 Å². The summed E-state index contributed by atoms with van der Waals surface area (Å²) in [5, 5.41) is 13.9. The second-order valence-corrected chi connectivity index (χ2v) is 11.5. The predicted octanol–water partition coefficient (Wildman–Crippen LogP) is 4.50. The van der Waals surface area contributed by atoms with E-state index >= 15 is 0 Å². The van der Waals surface area contributed by atoms with Gasteiger partial charge in [-0.2, -0.15) is 0 Å². The van der Waals surface area contributed by atoms with Gasteiger partial charge in [-0.15, -0.1) is 0 Å². The number of amides is 2. The molecule has 0 aliphatic rings. The van der Waals surface area contributed by atoms with Crippen molar-refractivity contribution in [3.05, 3.63) is 99.0 Å². The summed E-state index contributed by atoms with van der Waals surface area (Å²) in [5.41, 5.74) is 0.587. The molecule has 1 N–H and O–H groups in total. The van der Waals surface area contributed by atoms with Crippen LogP contribution in [0.4, 0.5) is 11.4 Å². The first kappa shape index (κ1) is 29.8. The van der Waals surface area contributed by atoms with Crippen LogP contribution in [0.3, 0.4) is 0 Å². The number of benzene rings is 3. The van der Waals surface area contributed by atoms with Crippen molar-refractivity contribution < 1.29 is 22.9 Å². The van der Waals surface area contributed by atoms with E-state index in [0.29, 0.717) is 13.0 Å². The molecule has 0 spiro atoms. The fourth-order valence-corrected chi connectivity index (χ4v) is 5.68. The smallest absolute Gasteiger partial charge is 0.269 e. The van der Waals surface area contributed by atoms with Gasteiger partial charge in [0.05, 0.1) is 15.5 Å². The molecule has 0 saturated heterocycles. The topological polar surface area (TPSA) is 130 Å². The van der Waals surface area contributed by atoms with Crippen molar-refractivity contribution in [3.8, 4) is 0 Å². The van der Waals surface area contributed by atoms with Gasteiger partial charge in [0.15, 0.2) is 0 Å². The Hall–Kier alpha value is -3.77. The highest BCUT2D eigenvalue weighted by atomic mass is 79.9. The van der Waals surface area contributed by atoms with Crippen LogP contribution >= 0.6 is 15.9 Å². The molecule has 2 amide bonds. The monoisotopic (exact) mass is 616 g/mol. The quantitative estimate of drug-likeness (QED) is 0.236. The van der Waals surface area contributed by atoms with E-state index in [1.54, 1.807) is 37.3 Å². The SMILES string of the molecule is CCCNC(=O)[C@H](C)N(Cc1cccc(Br)c1)C(=O)CN(c1ccc([N+](=O)[O-])cc1)S(=O)(=O)c1ccccc1. The third kappa shape index (κ3) is 7.64. The highest BCUT2D eigenvalue weighted by Gasteiger charge is 2.32. The average Bonchev–Trinajstić information content (AvgIpc) is 2.93. The maximum absolute atomic E-state index is 13.8. The lowest BCUT2D eigenvalue weighted by atomic mass is 10.1. The molecule has 3 aromatic rings. The number of rotatable bonds is 12. The van der Waals surface area contributed by atoms with Crippen LogP contribution in [0.2, 0.25) is 0 Å². The number of nitrogens with one attached hydrogen (secondary N) is 1. The molecule has 0 fully saturated rings. The van der Waals surface area contributed by atoms with Crippen molar-refractivity contribution in [2.45, 2.75) is 37.8 Å². The lowest BCUT2D eigenvalue weighted by molar-refractivity contribution is -0.384. The number of hydrogen-bond donors (Lipinski definition) is 1. The molecule has 1 atom stereocenters. The number of non-ortho nitro benzene ring substituents is 1. The molecule has 39 heavy (non-hydrogen) atoms. The first-order valence-electron chi connectivity index (χ1n) is 12.2. The third-order valence-corrected chi connectivity index (χ3v) is 8.20. The number of nitro benzene ring substituents is 1. The molecule has 0 aliphatic heterocycles. The maximum Gasteiger partial charge on any atom is 0.269 e. The van der Waals surface area contributed by atoms with Crippen LogP contribution in [-0.2, 0) is 26.2 Å². The van der Waals surface area contributed by atoms with Crippen molar-refractivity contribution >= 4 is 49.1 Å². The molecule has 0 saturated carbocycles. The van der Waals surface area contributed by atoms with Crippen LogP contribution in [0.25, 0.3) is 0 Å². The lowest BCUT2D eigenvalue weighted by Gasteiger charge is -2.32. The molecular weight excluding hydrogens is 588 g/mol. The molecule has 206 valence electrons. The van der Waals surface area contributed by atoms with Crippen LogP contribution in [0, 0.1) is 10.1 Å². The minimum atomic E-state index is -4.25. The molecule has 10 nitrogen and oxygen atoms in total. The van der Waals surface area contributed by atoms with Crippen molar-refractivity contribution in [1.82, 2.24) is 10.2 Å². The Morgan fingerprint density at radius 3 is 2.28 bits per heavy atom. The van der Waals surface area contributed by atoms with Gasteiger partial charge in [0.1, 0.15) is 12.6 Å². The van der Waals surface area contributed by atoms with Crippen molar-refractivity contribution in [1.29, 1.82) is 0 Å². The van der Waals surface area contributed by atoms with Crippen LogP contribution in [0.5, 0.6) is 0 Å². The van der Waals surface area contributed by atoms with Crippen LogP contribution in [0.15, 0.2) is 88.2 Å². The van der Waals surface area contributed by atoms with E-state index in [-0.39, 0.29) is 28.7 Å². The first-order chi connectivity index (χ1) is 18.5. The van der Waals surface area contributed by atoms with Gasteiger partial charge < -0.3 is 10.2 Å². The van der Waals surface area contributed by atoms with E-state index in [2.05, 4.69) is 21.2 Å². The van der Waals surface area contributed by atoms with Gasteiger partial charge in [-0.3, -0.25) is 24.0 Å². The fourth-order valence-electron chi connectivity index (χ4n) is 3.80. The first-order valence-corrected chi connectivity index (χ1v) is 14.4. The summed E-state index contributed by atoms with van der Waals surface area (Å²) in [6.45, 7) is 3.35. The molecule has 0 aliphatic carbocycles. The van der Waals surface area contributed by atoms with E-state index in [4.69, 9.17) is 0 Å². The Morgan fingerprint density at radius 2 is 1.69 bits per heavy atom. The Kier molecular flexibility index (Phi) is 10.2. The molecule has 0 unspecified atom stereocenters. The highest BCUT2D eigenvalue weighted by molar-refractivity contribution is 9.10. The lowest BCUT2D eigenvalue weighted by Crippen LogP contribution is -2.51. The minimum absolute atomic E-state index is 0.0524. The summed E-state index contributed by atoms with van der Waals surface area (Å²) in [6.07, 6.45) is 0.710. The zero-order valence-corrected chi connectivity index (χ0v) is 23.9. The molecule has 3 aromatic carbocycles. The van der Waals surface area contributed by atoms with E-state index in [9.17, 15) is 28.1 Å². The van der Waals surface area contributed by atoms with Crippen LogP contribution < -0.4 is 9.62 Å². The number of halogens is 1. The number of nitrogens with zero attached hydrogens (tertiary/aromatic N) is 3. The summed E-state index contributed by atoms with van der Waals surface area (Å²) in [4.78, 5) is 38.5. The second kappa shape index (κ2) is 13.3. The summed E-state index contributed by atoms with van der Waals surface area (Å²) in [6, 6.07) is 18.8. The summed E-state index contributed by atoms with van der Waals surface area (Å²) >= 11 is 3.41. The number of hydrogen-bond acceptors (Lipinski definition) is 6. The molecule has 12 heteroatoms. The summed E-state index contributed by atoms with van der Waals surface area (Å²) < 4.78 is 29.1. The summed E-state index contributed by atoms with van der Waals surface area (Å²) in [5.74, 6) is -0.986.